The number of carbonyl (C=O) groups excluding carboxylic acids is 1. The number of nitrogens with zero attached hydrogens (tertiary/aromatic N) is 3. The first-order valence-electron chi connectivity index (χ1n) is 12.2. The molecule has 6 heteroatoms. The Hall–Kier alpha value is -2.73. The Morgan fingerprint density at radius 3 is 2.76 bits per heavy atom. The van der Waals surface area contributed by atoms with Crippen molar-refractivity contribution in [1.82, 2.24) is 19.8 Å². The molecule has 0 unspecified atom stereocenters. The van der Waals surface area contributed by atoms with Gasteiger partial charge >= 0.3 is 0 Å². The summed E-state index contributed by atoms with van der Waals surface area (Å²) in [4.78, 5) is 20.0. The van der Waals surface area contributed by atoms with E-state index in [1.54, 1.807) is 17.0 Å². The third kappa shape index (κ3) is 5.99. The molecule has 0 radical (unpaired) electrons. The molecule has 4 rings (SSSR count). The second kappa shape index (κ2) is 10.5. The first-order valence-corrected chi connectivity index (χ1v) is 12.2. The fourth-order valence-electron chi connectivity index (χ4n) is 4.31. The molecule has 0 aliphatic heterocycles. The number of fused-ring (bicyclic) bond motifs is 1. The third-order valence-corrected chi connectivity index (χ3v) is 6.07. The van der Waals surface area contributed by atoms with Crippen molar-refractivity contribution in [2.75, 3.05) is 13.1 Å². The summed E-state index contributed by atoms with van der Waals surface area (Å²) in [7, 11) is 0. The van der Waals surface area contributed by atoms with Crippen LogP contribution in [0.1, 0.15) is 61.8 Å². The molecule has 5 nitrogen and oxygen atoms in total. The molecule has 1 aliphatic carbocycles. The summed E-state index contributed by atoms with van der Waals surface area (Å²) in [5.74, 6) is 1.46. The van der Waals surface area contributed by atoms with Gasteiger partial charge in [-0.3, -0.25) is 4.79 Å². The average Bonchev–Trinajstić information content (AvgIpc) is 3.55. The molecular weight excluding hydrogens is 415 g/mol. The lowest BCUT2D eigenvalue weighted by Crippen LogP contribution is -2.34. The zero-order valence-corrected chi connectivity index (χ0v) is 20.0. The zero-order chi connectivity index (χ0) is 23.4. The van der Waals surface area contributed by atoms with E-state index < -0.39 is 5.82 Å². The second-order valence-electron chi connectivity index (χ2n) is 9.67. The van der Waals surface area contributed by atoms with E-state index in [9.17, 15) is 9.18 Å². The number of hydrogen-bond donors (Lipinski definition) is 1. The van der Waals surface area contributed by atoms with Gasteiger partial charge in [-0.15, -0.1) is 0 Å². The Labute approximate surface area is 196 Å². The first kappa shape index (κ1) is 23.4. The SMILES string of the molecule is CCCn1c(CN(CC(C)C)C(=O)c2cccc(F)c2)nc2cc(CNCC3CC3)ccc21. The summed E-state index contributed by atoms with van der Waals surface area (Å²) >= 11 is 0. The Bertz CT molecular complexity index is 1100. The lowest BCUT2D eigenvalue weighted by Gasteiger charge is -2.25. The summed E-state index contributed by atoms with van der Waals surface area (Å²) in [6.07, 6.45) is 3.67. The molecule has 1 aromatic heterocycles. The molecule has 1 saturated carbocycles. The fourth-order valence-corrected chi connectivity index (χ4v) is 4.31. The van der Waals surface area contributed by atoms with Crippen molar-refractivity contribution in [3.05, 3.63) is 65.2 Å². The molecule has 1 fully saturated rings. The number of aromatic nitrogens is 2. The molecule has 33 heavy (non-hydrogen) atoms. The number of amides is 1. The third-order valence-electron chi connectivity index (χ3n) is 6.07. The number of nitrogens with one attached hydrogen (secondary N) is 1. The topological polar surface area (TPSA) is 50.2 Å². The average molecular weight is 451 g/mol. The van der Waals surface area contributed by atoms with E-state index in [2.05, 4.69) is 48.9 Å². The van der Waals surface area contributed by atoms with Crippen LogP contribution in [0.15, 0.2) is 42.5 Å². The standard InChI is InChI=1S/C27H35FN4O/c1-4-12-32-25-11-10-21(16-29-15-20-8-9-20)13-24(25)30-26(32)18-31(17-19(2)3)27(33)22-6-5-7-23(28)14-22/h5-7,10-11,13-14,19-20,29H,4,8-9,12,15-18H2,1-3H3. The molecule has 1 heterocycles. The van der Waals surface area contributed by atoms with Crippen molar-refractivity contribution in [1.29, 1.82) is 0 Å². The maximum absolute atomic E-state index is 13.8. The summed E-state index contributed by atoms with van der Waals surface area (Å²) in [5.41, 5.74) is 3.66. The lowest BCUT2D eigenvalue weighted by atomic mass is 10.1. The quantitative estimate of drug-likeness (QED) is 0.426. The van der Waals surface area contributed by atoms with Crippen LogP contribution in [0.25, 0.3) is 11.0 Å². The fraction of sp³-hybridized carbons (Fsp3) is 0.481. The molecule has 0 bridgehead atoms. The van der Waals surface area contributed by atoms with E-state index in [4.69, 9.17) is 4.98 Å². The minimum absolute atomic E-state index is 0.164. The highest BCUT2D eigenvalue weighted by Gasteiger charge is 2.22. The zero-order valence-electron chi connectivity index (χ0n) is 20.0. The van der Waals surface area contributed by atoms with Crippen LogP contribution in [0.4, 0.5) is 4.39 Å². The smallest absolute Gasteiger partial charge is 0.254 e. The van der Waals surface area contributed by atoms with Gasteiger partial charge in [-0.25, -0.2) is 9.37 Å². The van der Waals surface area contributed by atoms with Gasteiger partial charge in [-0.2, -0.15) is 0 Å². The highest BCUT2D eigenvalue weighted by atomic mass is 19.1. The Kier molecular flexibility index (Phi) is 7.43. The van der Waals surface area contributed by atoms with E-state index in [0.29, 0.717) is 18.7 Å². The molecule has 0 atom stereocenters. The van der Waals surface area contributed by atoms with Crippen molar-refractivity contribution in [3.63, 3.8) is 0 Å². The van der Waals surface area contributed by atoms with E-state index in [1.807, 2.05) is 0 Å². The molecule has 0 spiro atoms. The molecule has 176 valence electrons. The van der Waals surface area contributed by atoms with E-state index in [0.717, 1.165) is 48.8 Å². The summed E-state index contributed by atoms with van der Waals surface area (Å²) in [6, 6.07) is 12.4. The highest BCUT2D eigenvalue weighted by Crippen LogP contribution is 2.28. The number of aryl methyl sites for hydroxylation is 1. The number of rotatable bonds is 11. The van der Waals surface area contributed by atoms with Gasteiger partial charge in [0.05, 0.1) is 17.6 Å². The summed E-state index contributed by atoms with van der Waals surface area (Å²) in [6.45, 7) is 10.1. The van der Waals surface area contributed by atoms with Gasteiger partial charge in [0.1, 0.15) is 11.6 Å². The van der Waals surface area contributed by atoms with Gasteiger partial charge in [0.2, 0.25) is 0 Å². The van der Waals surface area contributed by atoms with Crippen molar-refractivity contribution in [2.24, 2.45) is 11.8 Å². The lowest BCUT2D eigenvalue weighted by molar-refractivity contribution is 0.0715. The molecule has 1 aliphatic rings. The Balaban J connectivity index is 1.60. The van der Waals surface area contributed by atoms with Crippen molar-refractivity contribution in [3.8, 4) is 0 Å². The maximum Gasteiger partial charge on any atom is 0.254 e. The van der Waals surface area contributed by atoms with Crippen LogP contribution in [0.5, 0.6) is 0 Å². The van der Waals surface area contributed by atoms with Crippen LogP contribution in [-0.4, -0.2) is 33.4 Å². The maximum atomic E-state index is 13.8. The van der Waals surface area contributed by atoms with E-state index in [1.165, 1.54) is 30.5 Å². The summed E-state index contributed by atoms with van der Waals surface area (Å²) < 4.78 is 16.0. The number of carbonyl (C=O) groups is 1. The molecule has 0 saturated heterocycles. The van der Waals surface area contributed by atoms with Gasteiger partial charge in [0, 0.05) is 25.2 Å². The first-order chi connectivity index (χ1) is 15.9. The number of imidazole rings is 1. The predicted octanol–water partition coefficient (Wildman–Crippen LogP) is 5.38. The van der Waals surface area contributed by atoms with Gasteiger partial charge in [0.15, 0.2) is 0 Å². The molecule has 2 aromatic carbocycles. The molecular formula is C27H35FN4O. The Morgan fingerprint density at radius 1 is 1.24 bits per heavy atom. The van der Waals surface area contributed by atoms with Crippen LogP contribution in [-0.2, 0) is 19.6 Å². The second-order valence-corrected chi connectivity index (χ2v) is 9.67. The van der Waals surface area contributed by atoms with E-state index >= 15 is 0 Å². The van der Waals surface area contributed by atoms with Crippen LogP contribution in [0.3, 0.4) is 0 Å². The van der Waals surface area contributed by atoms with Gasteiger partial charge in [-0.1, -0.05) is 32.9 Å². The van der Waals surface area contributed by atoms with Crippen LogP contribution in [0, 0.1) is 17.7 Å². The van der Waals surface area contributed by atoms with Crippen LogP contribution in [0.2, 0.25) is 0 Å². The largest absolute Gasteiger partial charge is 0.331 e. The number of benzene rings is 2. The van der Waals surface area contributed by atoms with Gasteiger partial charge in [0.25, 0.3) is 5.91 Å². The summed E-state index contributed by atoms with van der Waals surface area (Å²) in [5, 5.41) is 3.55. The van der Waals surface area contributed by atoms with Gasteiger partial charge < -0.3 is 14.8 Å². The minimum atomic E-state index is -0.397. The van der Waals surface area contributed by atoms with Crippen LogP contribution < -0.4 is 5.32 Å². The van der Waals surface area contributed by atoms with Crippen molar-refractivity contribution >= 4 is 16.9 Å². The van der Waals surface area contributed by atoms with Crippen molar-refractivity contribution in [2.45, 2.75) is 59.7 Å². The van der Waals surface area contributed by atoms with Crippen molar-refractivity contribution < 1.29 is 9.18 Å². The van der Waals surface area contributed by atoms with Gasteiger partial charge in [-0.05, 0) is 73.5 Å². The van der Waals surface area contributed by atoms with E-state index in [-0.39, 0.29) is 11.8 Å². The minimum Gasteiger partial charge on any atom is -0.331 e. The van der Waals surface area contributed by atoms with Crippen LogP contribution >= 0.6 is 0 Å². The predicted molar refractivity (Wildman–Crippen MR) is 130 cm³/mol. The highest BCUT2D eigenvalue weighted by molar-refractivity contribution is 5.94. The molecule has 1 amide bonds. The normalized spacial score (nSPS) is 13.7. The monoisotopic (exact) mass is 450 g/mol. The Morgan fingerprint density at radius 2 is 2.06 bits per heavy atom. The molecule has 1 N–H and O–H groups in total. The number of hydrogen-bond acceptors (Lipinski definition) is 3. The molecule has 3 aromatic rings. The number of halogens is 1.